The zero-order chi connectivity index (χ0) is 9.42. The van der Waals surface area contributed by atoms with Crippen LogP contribution in [0.3, 0.4) is 0 Å². The molecule has 0 aliphatic rings. The highest BCUT2D eigenvalue weighted by molar-refractivity contribution is 5.81. The van der Waals surface area contributed by atoms with E-state index < -0.39 is 0 Å². The Morgan fingerprint density at radius 3 is 2.92 bits per heavy atom. The Bertz CT molecular complexity index is 496. The number of rotatable bonds is 1. The van der Waals surface area contributed by atoms with Gasteiger partial charge in [-0.25, -0.2) is 4.79 Å². The summed E-state index contributed by atoms with van der Waals surface area (Å²) < 4.78 is 6.67. The minimum Gasteiger partial charge on any atom is -0.494 e. The Morgan fingerprint density at radius 1 is 1.46 bits per heavy atom. The van der Waals surface area contributed by atoms with E-state index in [4.69, 9.17) is 4.74 Å². The number of H-pyrrole nitrogens is 1. The van der Waals surface area contributed by atoms with Crippen LogP contribution in [0.1, 0.15) is 0 Å². The van der Waals surface area contributed by atoms with E-state index in [1.807, 2.05) is 18.2 Å². The molecule has 0 saturated heterocycles. The molecule has 68 valence electrons. The highest BCUT2D eigenvalue weighted by Crippen LogP contribution is 2.21. The van der Waals surface area contributed by atoms with Crippen molar-refractivity contribution in [2.24, 2.45) is 7.05 Å². The molecule has 4 heteroatoms. The molecule has 0 unspecified atom stereocenters. The lowest BCUT2D eigenvalue weighted by Crippen LogP contribution is -2.11. The van der Waals surface area contributed by atoms with Crippen LogP contribution in [-0.4, -0.2) is 16.7 Å². The number of hydrogen-bond donors (Lipinski definition) is 1. The Balaban J connectivity index is 2.92. The van der Waals surface area contributed by atoms with E-state index in [2.05, 4.69) is 4.98 Å². The van der Waals surface area contributed by atoms with Gasteiger partial charge in [-0.3, -0.25) is 4.57 Å². The summed E-state index contributed by atoms with van der Waals surface area (Å²) in [4.78, 5) is 14.0. The summed E-state index contributed by atoms with van der Waals surface area (Å²) in [5, 5.41) is 0. The van der Waals surface area contributed by atoms with Gasteiger partial charge in [0.1, 0.15) is 11.3 Å². The van der Waals surface area contributed by atoms with Crippen molar-refractivity contribution in [3.05, 3.63) is 28.7 Å². The number of aryl methyl sites for hydroxylation is 1. The number of hydrogen-bond acceptors (Lipinski definition) is 2. The van der Waals surface area contributed by atoms with Gasteiger partial charge in [0.15, 0.2) is 0 Å². The van der Waals surface area contributed by atoms with Crippen molar-refractivity contribution in [3.8, 4) is 5.75 Å². The Labute approximate surface area is 74.8 Å². The average Bonchev–Trinajstić information content (AvgIpc) is 2.43. The number of methoxy groups -OCH3 is 1. The van der Waals surface area contributed by atoms with E-state index in [1.54, 1.807) is 18.7 Å². The molecule has 4 nitrogen and oxygen atoms in total. The van der Waals surface area contributed by atoms with Crippen LogP contribution < -0.4 is 10.4 Å². The molecular formula is C9H10N2O2. The molecule has 1 aromatic carbocycles. The summed E-state index contributed by atoms with van der Waals surface area (Å²) in [6.07, 6.45) is 0. The number of aromatic nitrogens is 2. The standard InChI is InChI=1S/C9H10N2O2/c1-11-6-4-3-5-7(13-2)8(6)10-9(11)12/h3-5H,1-2H3,(H,10,12). The smallest absolute Gasteiger partial charge is 0.326 e. The molecule has 0 atom stereocenters. The third kappa shape index (κ3) is 1.02. The van der Waals surface area contributed by atoms with Gasteiger partial charge in [-0.15, -0.1) is 0 Å². The Morgan fingerprint density at radius 2 is 2.23 bits per heavy atom. The summed E-state index contributed by atoms with van der Waals surface area (Å²) in [6, 6.07) is 5.54. The molecule has 1 heterocycles. The molecule has 0 radical (unpaired) electrons. The predicted octanol–water partition coefficient (Wildman–Crippen LogP) is 0.875. The second-order valence-corrected chi connectivity index (χ2v) is 2.84. The summed E-state index contributed by atoms with van der Waals surface area (Å²) in [5.74, 6) is 0.690. The summed E-state index contributed by atoms with van der Waals surface area (Å²) in [5.41, 5.74) is 1.47. The molecule has 2 rings (SSSR count). The van der Waals surface area contributed by atoms with E-state index in [0.29, 0.717) is 5.75 Å². The third-order valence-corrected chi connectivity index (χ3v) is 2.12. The number of ether oxygens (including phenoxy) is 1. The van der Waals surface area contributed by atoms with E-state index in [-0.39, 0.29) is 5.69 Å². The molecule has 2 aromatic rings. The van der Waals surface area contributed by atoms with Crippen LogP contribution in [0.4, 0.5) is 0 Å². The molecule has 0 fully saturated rings. The number of fused-ring (bicyclic) bond motifs is 1. The molecule has 13 heavy (non-hydrogen) atoms. The first kappa shape index (κ1) is 7.91. The lowest BCUT2D eigenvalue weighted by molar-refractivity contribution is 0.419. The van der Waals surface area contributed by atoms with Crippen LogP contribution in [0.2, 0.25) is 0 Å². The molecule has 1 N–H and O–H groups in total. The molecule has 0 amide bonds. The van der Waals surface area contributed by atoms with Gasteiger partial charge in [0.25, 0.3) is 0 Å². The first-order valence-corrected chi connectivity index (χ1v) is 3.95. The zero-order valence-corrected chi connectivity index (χ0v) is 7.50. The summed E-state index contributed by atoms with van der Waals surface area (Å²) >= 11 is 0. The largest absolute Gasteiger partial charge is 0.494 e. The summed E-state index contributed by atoms with van der Waals surface area (Å²) in [7, 11) is 3.31. The fourth-order valence-corrected chi connectivity index (χ4v) is 1.39. The molecule has 0 aliphatic carbocycles. The SMILES string of the molecule is COc1cccc2c1[nH]c(=O)n2C. The summed E-state index contributed by atoms with van der Waals surface area (Å²) in [6.45, 7) is 0. The van der Waals surface area contributed by atoms with Crippen molar-refractivity contribution >= 4 is 11.0 Å². The number of nitrogens with one attached hydrogen (secondary N) is 1. The molecular weight excluding hydrogens is 168 g/mol. The first-order chi connectivity index (χ1) is 6.24. The maximum atomic E-state index is 11.3. The van der Waals surface area contributed by atoms with Gasteiger partial charge in [-0.2, -0.15) is 0 Å². The minimum atomic E-state index is -0.125. The normalized spacial score (nSPS) is 10.6. The van der Waals surface area contributed by atoms with Gasteiger partial charge in [0.2, 0.25) is 0 Å². The predicted molar refractivity (Wildman–Crippen MR) is 50.1 cm³/mol. The fraction of sp³-hybridized carbons (Fsp3) is 0.222. The van der Waals surface area contributed by atoms with Gasteiger partial charge in [-0.1, -0.05) is 6.07 Å². The number of benzene rings is 1. The molecule has 1 aromatic heterocycles. The number of aromatic amines is 1. The van der Waals surface area contributed by atoms with Crippen molar-refractivity contribution in [2.75, 3.05) is 7.11 Å². The maximum Gasteiger partial charge on any atom is 0.326 e. The topological polar surface area (TPSA) is 47.0 Å². The van der Waals surface area contributed by atoms with Crippen LogP contribution in [0, 0.1) is 0 Å². The molecule has 0 bridgehead atoms. The van der Waals surface area contributed by atoms with Gasteiger partial charge < -0.3 is 9.72 Å². The Kier molecular flexibility index (Phi) is 1.62. The van der Waals surface area contributed by atoms with E-state index >= 15 is 0 Å². The highest BCUT2D eigenvalue weighted by atomic mass is 16.5. The molecule has 0 saturated carbocycles. The van der Waals surface area contributed by atoms with Crippen LogP contribution in [0.25, 0.3) is 11.0 Å². The van der Waals surface area contributed by atoms with Crippen molar-refractivity contribution in [1.82, 2.24) is 9.55 Å². The fourth-order valence-electron chi connectivity index (χ4n) is 1.39. The van der Waals surface area contributed by atoms with Crippen molar-refractivity contribution in [2.45, 2.75) is 0 Å². The highest BCUT2D eigenvalue weighted by Gasteiger charge is 2.06. The third-order valence-electron chi connectivity index (χ3n) is 2.12. The number of imidazole rings is 1. The Hall–Kier alpha value is -1.71. The van der Waals surface area contributed by atoms with Gasteiger partial charge in [0, 0.05) is 7.05 Å². The molecule has 0 spiro atoms. The second-order valence-electron chi connectivity index (χ2n) is 2.84. The van der Waals surface area contributed by atoms with Crippen LogP contribution in [-0.2, 0) is 7.05 Å². The lowest BCUT2D eigenvalue weighted by Gasteiger charge is -1.99. The quantitative estimate of drug-likeness (QED) is 0.704. The van der Waals surface area contributed by atoms with Gasteiger partial charge in [-0.05, 0) is 12.1 Å². The van der Waals surface area contributed by atoms with Gasteiger partial charge >= 0.3 is 5.69 Å². The van der Waals surface area contributed by atoms with E-state index in [9.17, 15) is 4.79 Å². The van der Waals surface area contributed by atoms with Gasteiger partial charge in [0.05, 0.1) is 12.6 Å². The van der Waals surface area contributed by atoms with Crippen LogP contribution in [0.5, 0.6) is 5.75 Å². The van der Waals surface area contributed by atoms with Crippen molar-refractivity contribution < 1.29 is 4.74 Å². The van der Waals surface area contributed by atoms with E-state index in [0.717, 1.165) is 11.0 Å². The maximum absolute atomic E-state index is 11.3. The number of nitrogens with zero attached hydrogens (tertiary/aromatic N) is 1. The first-order valence-electron chi connectivity index (χ1n) is 3.95. The average molecular weight is 178 g/mol. The van der Waals surface area contributed by atoms with Crippen LogP contribution >= 0.6 is 0 Å². The minimum absolute atomic E-state index is 0.125. The monoisotopic (exact) mass is 178 g/mol. The number of para-hydroxylation sites is 1. The lowest BCUT2D eigenvalue weighted by atomic mass is 10.3. The van der Waals surface area contributed by atoms with E-state index in [1.165, 1.54) is 0 Å². The van der Waals surface area contributed by atoms with Crippen LogP contribution in [0.15, 0.2) is 23.0 Å². The zero-order valence-electron chi connectivity index (χ0n) is 7.50. The second kappa shape index (κ2) is 2.65. The van der Waals surface area contributed by atoms with Crippen molar-refractivity contribution in [3.63, 3.8) is 0 Å². The van der Waals surface area contributed by atoms with Crippen molar-refractivity contribution in [1.29, 1.82) is 0 Å². The molecule has 0 aliphatic heterocycles.